The number of nitrogens with one attached hydrogen (secondary N) is 1. The van der Waals surface area contributed by atoms with Crippen molar-refractivity contribution < 1.29 is 8.42 Å². The summed E-state index contributed by atoms with van der Waals surface area (Å²) in [5.41, 5.74) is 1.03. The summed E-state index contributed by atoms with van der Waals surface area (Å²) in [7, 11) is -1.98. The number of aromatic nitrogens is 1. The second kappa shape index (κ2) is 6.65. The minimum atomic E-state index is -3.50. The highest BCUT2D eigenvalue weighted by Gasteiger charge is 2.29. The van der Waals surface area contributed by atoms with Crippen LogP contribution in [0, 0.1) is 12.3 Å². The normalized spacial score (nSPS) is 15.3. The number of hydrogen-bond donors (Lipinski definition) is 1. The zero-order valence-corrected chi connectivity index (χ0v) is 13.5. The number of sulfonamides is 1. The van der Waals surface area contributed by atoms with Gasteiger partial charge in [0.05, 0.1) is 6.54 Å². The maximum absolute atomic E-state index is 12.5. The Balaban J connectivity index is 2.24. The van der Waals surface area contributed by atoms with E-state index >= 15 is 0 Å². The van der Waals surface area contributed by atoms with Crippen LogP contribution in [0.1, 0.15) is 37.9 Å². The van der Waals surface area contributed by atoms with Crippen LogP contribution in [0.3, 0.4) is 0 Å². The van der Waals surface area contributed by atoms with Gasteiger partial charge in [0.15, 0.2) is 0 Å². The van der Waals surface area contributed by atoms with Crippen molar-refractivity contribution in [3.05, 3.63) is 18.0 Å². The van der Waals surface area contributed by atoms with Crippen LogP contribution in [0.25, 0.3) is 0 Å². The molecule has 0 unspecified atom stereocenters. The van der Waals surface area contributed by atoms with E-state index in [2.05, 4.69) is 22.7 Å². The lowest BCUT2D eigenvalue weighted by Crippen LogP contribution is -2.26. The van der Waals surface area contributed by atoms with Crippen LogP contribution >= 0.6 is 0 Å². The topological polar surface area (TPSA) is 54.3 Å². The van der Waals surface area contributed by atoms with Gasteiger partial charge in [-0.05, 0) is 31.9 Å². The average Bonchev–Trinajstić information content (AvgIpc) is 3.20. The Kier molecular flexibility index (Phi) is 5.09. The lowest BCUT2D eigenvalue weighted by molar-refractivity contribution is 0.502. The number of terminal acetylenes is 1. The Hall–Kier alpha value is -1.29. The van der Waals surface area contributed by atoms with Crippen molar-refractivity contribution in [3.8, 4) is 12.3 Å². The molecule has 0 radical (unpaired) electrons. The van der Waals surface area contributed by atoms with Gasteiger partial charge in [-0.2, -0.15) is 4.31 Å². The van der Waals surface area contributed by atoms with Crippen molar-refractivity contribution in [2.45, 2.75) is 43.7 Å². The van der Waals surface area contributed by atoms with E-state index in [1.165, 1.54) is 11.4 Å². The molecule has 1 fully saturated rings. The Morgan fingerprint density at radius 3 is 2.81 bits per heavy atom. The highest BCUT2D eigenvalue weighted by atomic mass is 32.2. The SMILES string of the molecule is C#CCN(C)S(=O)(=O)c1cc(CNCCC)n(C2CC2)c1. The summed E-state index contributed by atoms with van der Waals surface area (Å²) in [6, 6.07) is 2.22. The van der Waals surface area contributed by atoms with Crippen molar-refractivity contribution >= 4 is 10.0 Å². The molecule has 1 heterocycles. The highest BCUT2D eigenvalue weighted by molar-refractivity contribution is 7.89. The molecule has 6 heteroatoms. The van der Waals surface area contributed by atoms with E-state index in [0.29, 0.717) is 17.5 Å². The summed E-state index contributed by atoms with van der Waals surface area (Å²) in [6.07, 6.45) is 10.3. The molecule has 0 aliphatic heterocycles. The smallest absolute Gasteiger partial charge is 0.245 e. The van der Waals surface area contributed by atoms with Gasteiger partial charge in [0.1, 0.15) is 4.90 Å². The molecular formula is C15H23N3O2S. The molecule has 1 saturated carbocycles. The van der Waals surface area contributed by atoms with Gasteiger partial charge in [0.25, 0.3) is 0 Å². The van der Waals surface area contributed by atoms with Crippen molar-refractivity contribution in [2.75, 3.05) is 20.1 Å². The lowest BCUT2D eigenvalue weighted by Gasteiger charge is -2.12. The van der Waals surface area contributed by atoms with Crippen LogP contribution in [0.5, 0.6) is 0 Å². The third-order valence-electron chi connectivity index (χ3n) is 3.60. The highest BCUT2D eigenvalue weighted by Crippen LogP contribution is 2.37. The second-order valence-electron chi connectivity index (χ2n) is 5.45. The predicted molar refractivity (Wildman–Crippen MR) is 83.3 cm³/mol. The van der Waals surface area contributed by atoms with E-state index in [1.807, 2.05) is 0 Å². The molecule has 1 aliphatic rings. The fourth-order valence-corrected chi connectivity index (χ4v) is 3.39. The third-order valence-corrected chi connectivity index (χ3v) is 5.37. The maximum Gasteiger partial charge on any atom is 0.245 e. The Labute approximate surface area is 127 Å². The van der Waals surface area contributed by atoms with Gasteiger partial charge in [-0.25, -0.2) is 8.42 Å². The molecule has 2 rings (SSSR count). The summed E-state index contributed by atoms with van der Waals surface area (Å²) >= 11 is 0. The van der Waals surface area contributed by atoms with Crippen LogP contribution < -0.4 is 5.32 Å². The van der Waals surface area contributed by atoms with E-state index in [9.17, 15) is 8.42 Å². The quantitative estimate of drug-likeness (QED) is 0.586. The molecule has 0 saturated heterocycles. The summed E-state index contributed by atoms with van der Waals surface area (Å²) in [5, 5.41) is 3.33. The number of rotatable bonds is 8. The first-order chi connectivity index (χ1) is 10.0. The third kappa shape index (κ3) is 3.67. The minimum Gasteiger partial charge on any atom is -0.346 e. The van der Waals surface area contributed by atoms with Crippen molar-refractivity contribution in [1.29, 1.82) is 0 Å². The van der Waals surface area contributed by atoms with Crippen LogP contribution in [0.2, 0.25) is 0 Å². The Morgan fingerprint density at radius 1 is 1.52 bits per heavy atom. The average molecular weight is 309 g/mol. The van der Waals surface area contributed by atoms with Gasteiger partial charge in [-0.15, -0.1) is 6.42 Å². The molecule has 1 N–H and O–H groups in total. The molecule has 0 aromatic carbocycles. The van der Waals surface area contributed by atoms with Gasteiger partial charge in [0.2, 0.25) is 10.0 Å². The molecular weight excluding hydrogens is 286 g/mol. The summed E-state index contributed by atoms with van der Waals surface area (Å²) in [5.74, 6) is 2.37. The lowest BCUT2D eigenvalue weighted by atomic mass is 10.4. The zero-order valence-electron chi connectivity index (χ0n) is 12.7. The maximum atomic E-state index is 12.5. The van der Waals surface area contributed by atoms with Crippen LogP contribution in [0.4, 0.5) is 0 Å². The van der Waals surface area contributed by atoms with Crippen molar-refractivity contribution in [2.24, 2.45) is 0 Å². The number of nitrogens with zero attached hydrogens (tertiary/aromatic N) is 2. The summed E-state index contributed by atoms with van der Waals surface area (Å²) in [6.45, 7) is 3.81. The Morgan fingerprint density at radius 2 is 2.24 bits per heavy atom. The first-order valence-corrected chi connectivity index (χ1v) is 8.76. The molecule has 0 spiro atoms. The van der Waals surface area contributed by atoms with Gasteiger partial charge >= 0.3 is 0 Å². The van der Waals surface area contributed by atoms with Gasteiger partial charge < -0.3 is 9.88 Å². The zero-order chi connectivity index (χ0) is 15.5. The van der Waals surface area contributed by atoms with E-state index in [1.54, 1.807) is 12.3 Å². The summed E-state index contributed by atoms with van der Waals surface area (Å²) in [4.78, 5) is 0.334. The van der Waals surface area contributed by atoms with Gasteiger partial charge in [0, 0.05) is 31.5 Å². The fourth-order valence-electron chi connectivity index (χ4n) is 2.26. The molecule has 1 aromatic rings. The molecule has 116 valence electrons. The van der Waals surface area contributed by atoms with E-state index in [4.69, 9.17) is 6.42 Å². The molecule has 0 amide bonds. The standard InChI is InChI=1S/C15H23N3O2S/c1-4-8-16-11-14-10-15(12-18(14)13-6-7-13)21(19,20)17(3)9-5-2/h2,10,12-13,16H,4,6-9,11H2,1,3H3. The molecule has 1 aliphatic carbocycles. The molecule has 5 nitrogen and oxygen atoms in total. The minimum absolute atomic E-state index is 0.0837. The predicted octanol–water partition coefficient (Wildman–Crippen LogP) is 1.58. The monoisotopic (exact) mass is 309 g/mol. The largest absolute Gasteiger partial charge is 0.346 e. The summed E-state index contributed by atoms with van der Waals surface area (Å²) < 4.78 is 28.2. The van der Waals surface area contributed by atoms with Crippen molar-refractivity contribution in [1.82, 2.24) is 14.2 Å². The van der Waals surface area contributed by atoms with Crippen LogP contribution in [-0.2, 0) is 16.6 Å². The van der Waals surface area contributed by atoms with E-state index in [0.717, 1.165) is 31.5 Å². The van der Waals surface area contributed by atoms with Gasteiger partial charge in [-0.3, -0.25) is 0 Å². The van der Waals surface area contributed by atoms with E-state index < -0.39 is 10.0 Å². The Bertz CT molecular complexity index is 624. The second-order valence-corrected chi connectivity index (χ2v) is 7.49. The molecule has 1 aromatic heterocycles. The first-order valence-electron chi connectivity index (χ1n) is 7.32. The van der Waals surface area contributed by atoms with E-state index in [-0.39, 0.29) is 6.54 Å². The van der Waals surface area contributed by atoms with Crippen LogP contribution in [-0.4, -0.2) is 37.4 Å². The number of hydrogen-bond acceptors (Lipinski definition) is 3. The van der Waals surface area contributed by atoms with Crippen molar-refractivity contribution in [3.63, 3.8) is 0 Å². The molecule has 21 heavy (non-hydrogen) atoms. The van der Waals surface area contributed by atoms with Gasteiger partial charge in [-0.1, -0.05) is 12.8 Å². The first kappa shape index (κ1) is 16.1. The molecule has 0 atom stereocenters. The van der Waals surface area contributed by atoms with Crippen LogP contribution in [0.15, 0.2) is 17.2 Å². The molecule has 0 bridgehead atoms. The fraction of sp³-hybridized carbons (Fsp3) is 0.600.